The van der Waals surface area contributed by atoms with Crippen molar-refractivity contribution in [3.63, 3.8) is 0 Å². The highest BCUT2D eigenvalue weighted by molar-refractivity contribution is 9.10. The second-order valence-corrected chi connectivity index (χ2v) is 6.46. The summed E-state index contributed by atoms with van der Waals surface area (Å²) in [5, 5.41) is 4.87. The van der Waals surface area contributed by atoms with Crippen molar-refractivity contribution in [3.8, 4) is 5.75 Å². The van der Waals surface area contributed by atoms with Crippen molar-refractivity contribution in [3.05, 3.63) is 28.2 Å². The smallest absolute Gasteiger partial charge is 0.209 e. The van der Waals surface area contributed by atoms with Gasteiger partial charge in [-0.2, -0.15) is 0 Å². The normalized spacial score (nSPS) is 13.4. The molecule has 4 nitrogen and oxygen atoms in total. The van der Waals surface area contributed by atoms with E-state index in [1.807, 2.05) is 0 Å². The minimum absolute atomic E-state index is 0.0441. The van der Waals surface area contributed by atoms with Gasteiger partial charge in [-0.1, -0.05) is 6.92 Å². The van der Waals surface area contributed by atoms with Crippen LogP contribution in [-0.2, 0) is 10.0 Å². The minimum atomic E-state index is -3.60. The Hall–Kier alpha value is -0.730. The zero-order valence-corrected chi connectivity index (χ0v) is 11.9. The molecule has 0 aliphatic carbocycles. The van der Waals surface area contributed by atoms with E-state index in [0.29, 0.717) is 6.07 Å². The van der Waals surface area contributed by atoms with Gasteiger partial charge in [0.1, 0.15) is 5.82 Å². The largest absolute Gasteiger partial charge is 0.489 e. The third kappa shape index (κ3) is 4.87. The van der Waals surface area contributed by atoms with Gasteiger partial charge in [0.25, 0.3) is 0 Å². The fraction of sp³-hybridized carbons (Fsp3) is 0.400. The number of primary sulfonamides is 1. The molecule has 102 valence electrons. The molecule has 0 radical (unpaired) electrons. The average molecular weight is 344 g/mol. The molecule has 0 aliphatic heterocycles. The third-order valence-corrected chi connectivity index (χ3v) is 3.61. The number of hydrogen-bond acceptors (Lipinski definition) is 3. The van der Waals surface area contributed by atoms with E-state index >= 15 is 0 Å². The average Bonchev–Trinajstić information content (AvgIpc) is 2.12. The lowest BCUT2D eigenvalue weighted by molar-refractivity contribution is 0.258. The van der Waals surface area contributed by atoms with E-state index in [4.69, 9.17) is 9.88 Å². The number of halogens is 3. The highest BCUT2D eigenvalue weighted by Gasteiger charge is 2.15. The van der Waals surface area contributed by atoms with Crippen LogP contribution < -0.4 is 9.88 Å². The highest BCUT2D eigenvalue weighted by Crippen LogP contribution is 2.29. The fourth-order valence-electron chi connectivity index (χ4n) is 1.34. The van der Waals surface area contributed by atoms with Crippen molar-refractivity contribution < 1.29 is 21.9 Å². The van der Waals surface area contributed by atoms with Crippen LogP contribution in [0.4, 0.5) is 8.78 Å². The Balaban J connectivity index is 2.70. The van der Waals surface area contributed by atoms with Crippen LogP contribution in [0.1, 0.15) is 6.92 Å². The number of ether oxygens (including phenoxy) is 1. The number of sulfonamides is 1. The van der Waals surface area contributed by atoms with Crippen molar-refractivity contribution in [2.45, 2.75) is 6.92 Å². The number of benzene rings is 1. The van der Waals surface area contributed by atoms with Gasteiger partial charge in [0.2, 0.25) is 10.0 Å². The predicted molar refractivity (Wildman–Crippen MR) is 66.7 cm³/mol. The van der Waals surface area contributed by atoms with Crippen molar-refractivity contribution in [2.24, 2.45) is 11.1 Å². The molecule has 1 aromatic carbocycles. The molecule has 0 bridgehead atoms. The monoisotopic (exact) mass is 343 g/mol. The van der Waals surface area contributed by atoms with Gasteiger partial charge in [-0.3, -0.25) is 0 Å². The first-order valence-corrected chi connectivity index (χ1v) is 7.47. The lowest BCUT2D eigenvalue weighted by Gasteiger charge is -2.13. The molecule has 1 aromatic rings. The molecule has 0 spiro atoms. The van der Waals surface area contributed by atoms with Crippen LogP contribution in [0.25, 0.3) is 0 Å². The molecular weight excluding hydrogens is 332 g/mol. The quantitative estimate of drug-likeness (QED) is 0.889. The first-order valence-electron chi connectivity index (χ1n) is 4.97. The van der Waals surface area contributed by atoms with Crippen LogP contribution in [0.3, 0.4) is 0 Å². The van der Waals surface area contributed by atoms with E-state index in [0.717, 1.165) is 6.07 Å². The predicted octanol–water partition coefficient (Wildman–Crippen LogP) is 2.03. The fourth-order valence-corrected chi connectivity index (χ4v) is 2.75. The third-order valence-electron chi connectivity index (χ3n) is 1.99. The Labute approximate surface area is 112 Å². The van der Waals surface area contributed by atoms with E-state index in [1.54, 1.807) is 6.92 Å². The Bertz CT molecular complexity index is 513. The summed E-state index contributed by atoms with van der Waals surface area (Å²) in [6.07, 6.45) is 0. The standard InChI is InChI=1S/C10H12BrF2NO3S/c1-6(5-18(14,15)16)4-17-10-8(11)2-7(12)3-9(10)13/h2-3,6H,4-5H2,1H3,(H2,14,15,16). The zero-order chi connectivity index (χ0) is 13.9. The molecule has 0 saturated carbocycles. The summed E-state index contributed by atoms with van der Waals surface area (Å²) in [4.78, 5) is 0. The van der Waals surface area contributed by atoms with E-state index in [-0.39, 0.29) is 22.6 Å². The van der Waals surface area contributed by atoms with Crippen LogP contribution in [0.2, 0.25) is 0 Å². The zero-order valence-electron chi connectivity index (χ0n) is 9.49. The van der Waals surface area contributed by atoms with E-state index in [9.17, 15) is 17.2 Å². The lowest BCUT2D eigenvalue weighted by Crippen LogP contribution is -2.25. The van der Waals surface area contributed by atoms with Gasteiger partial charge in [-0.15, -0.1) is 0 Å². The van der Waals surface area contributed by atoms with Crippen LogP contribution in [0.15, 0.2) is 16.6 Å². The summed E-state index contributed by atoms with van der Waals surface area (Å²) in [6, 6.07) is 1.74. The number of hydrogen-bond donors (Lipinski definition) is 1. The van der Waals surface area contributed by atoms with E-state index in [2.05, 4.69) is 15.9 Å². The summed E-state index contributed by atoms with van der Waals surface area (Å²) >= 11 is 2.96. The Morgan fingerprint density at radius 1 is 1.44 bits per heavy atom. The molecular formula is C10H12BrF2NO3S. The van der Waals surface area contributed by atoms with Crippen LogP contribution in [0, 0.1) is 17.6 Å². The maximum atomic E-state index is 13.4. The van der Waals surface area contributed by atoms with Crippen LogP contribution in [0.5, 0.6) is 5.75 Å². The Morgan fingerprint density at radius 3 is 2.56 bits per heavy atom. The van der Waals surface area contributed by atoms with Gasteiger partial charge >= 0.3 is 0 Å². The minimum Gasteiger partial charge on any atom is -0.489 e. The van der Waals surface area contributed by atoms with E-state index < -0.39 is 27.6 Å². The van der Waals surface area contributed by atoms with Gasteiger partial charge < -0.3 is 4.74 Å². The molecule has 0 aromatic heterocycles. The molecule has 1 rings (SSSR count). The van der Waals surface area contributed by atoms with Gasteiger partial charge in [0.15, 0.2) is 11.6 Å². The van der Waals surface area contributed by atoms with Crippen molar-refractivity contribution in [2.75, 3.05) is 12.4 Å². The van der Waals surface area contributed by atoms with Crippen LogP contribution in [-0.4, -0.2) is 20.8 Å². The van der Waals surface area contributed by atoms with Gasteiger partial charge in [-0.25, -0.2) is 22.3 Å². The first kappa shape index (κ1) is 15.3. The van der Waals surface area contributed by atoms with Crippen molar-refractivity contribution in [1.82, 2.24) is 0 Å². The molecule has 0 aliphatic rings. The molecule has 1 unspecified atom stereocenters. The summed E-state index contributed by atoms with van der Waals surface area (Å²) in [7, 11) is -3.60. The lowest BCUT2D eigenvalue weighted by atomic mass is 10.2. The molecule has 0 fully saturated rings. The maximum Gasteiger partial charge on any atom is 0.209 e. The number of rotatable bonds is 5. The van der Waals surface area contributed by atoms with Crippen LogP contribution >= 0.6 is 15.9 Å². The first-order chi connectivity index (χ1) is 8.19. The second-order valence-electron chi connectivity index (χ2n) is 3.94. The van der Waals surface area contributed by atoms with Gasteiger partial charge in [0.05, 0.1) is 16.8 Å². The SMILES string of the molecule is CC(COc1c(F)cc(F)cc1Br)CS(N)(=O)=O. The van der Waals surface area contributed by atoms with Crippen molar-refractivity contribution in [1.29, 1.82) is 0 Å². The molecule has 2 N–H and O–H groups in total. The summed E-state index contributed by atoms with van der Waals surface area (Å²) in [5.41, 5.74) is 0. The molecule has 18 heavy (non-hydrogen) atoms. The Kier molecular flexibility index (Phi) is 5.06. The molecule has 0 saturated heterocycles. The van der Waals surface area contributed by atoms with Gasteiger partial charge in [-0.05, 0) is 22.0 Å². The maximum absolute atomic E-state index is 13.4. The van der Waals surface area contributed by atoms with E-state index in [1.165, 1.54) is 0 Å². The molecule has 0 heterocycles. The summed E-state index contributed by atoms with van der Waals surface area (Å²) in [5.74, 6) is -2.42. The molecule has 0 amide bonds. The number of nitrogens with two attached hydrogens (primary N) is 1. The topological polar surface area (TPSA) is 69.4 Å². The molecule has 1 atom stereocenters. The Morgan fingerprint density at radius 2 is 2.06 bits per heavy atom. The molecule has 8 heteroatoms. The van der Waals surface area contributed by atoms with Gasteiger partial charge in [0, 0.05) is 12.0 Å². The second kappa shape index (κ2) is 5.94. The summed E-state index contributed by atoms with van der Waals surface area (Å²) in [6.45, 7) is 1.55. The highest BCUT2D eigenvalue weighted by atomic mass is 79.9. The van der Waals surface area contributed by atoms with Crippen molar-refractivity contribution >= 4 is 26.0 Å². The summed E-state index contributed by atoms with van der Waals surface area (Å²) < 4.78 is 53.1.